The molecule has 0 heterocycles. The minimum Gasteiger partial charge on any atom is -0.486 e. The average Bonchev–Trinajstić information content (AvgIpc) is 2.91. The van der Waals surface area contributed by atoms with E-state index >= 15 is 0 Å². The number of benzene rings is 1. The molecule has 0 aliphatic heterocycles. The summed E-state index contributed by atoms with van der Waals surface area (Å²) in [7, 11) is 0. The summed E-state index contributed by atoms with van der Waals surface area (Å²) in [6.45, 7) is 1.86. The van der Waals surface area contributed by atoms with Crippen molar-refractivity contribution in [3.8, 4) is 5.75 Å². The smallest absolute Gasteiger partial charge is 0.123 e. The third-order valence-electron chi connectivity index (χ3n) is 2.51. The molecule has 76 valence electrons. The molecule has 0 amide bonds. The van der Waals surface area contributed by atoms with Crippen LogP contribution in [0.15, 0.2) is 18.2 Å². The lowest BCUT2D eigenvalue weighted by Crippen LogP contribution is -2.20. The van der Waals surface area contributed by atoms with E-state index in [2.05, 4.69) is 15.9 Å². The fraction of sp³-hybridized carbons (Fsp3) is 0.455. The fourth-order valence-electron chi connectivity index (χ4n) is 1.36. The van der Waals surface area contributed by atoms with Crippen molar-refractivity contribution in [3.05, 3.63) is 29.6 Å². The fourth-order valence-corrected chi connectivity index (χ4v) is 2.04. The largest absolute Gasteiger partial charge is 0.486 e. The van der Waals surface area contributed by atoms with E-state index < -0.39 is 0 Å². The standard InChI is InChI=1S/C11H12BrFO/c1-8-6-9(13)2-3-10(8)14-11(7-12)4-5-11/h2-3,6H,4-5,7H2,1H3. The Bertz CT molecular complexity index is 347. The van der Waals surface area contributed by atoms with Crippen molar-refractivity contribution in [2.75, 3.05) is 5.33 Å². The molecule has 1 nitrogen and oxygen atoms in total. The van der Waals surface area contributed by atoms with Gasteiger partial charge in [-0.15, -0.1) is 0 Å². The number of ether oxygens (including phenoxy) is 1. The molecule has 14 heavy (non-hydrogen) atoms. The molecule has 0 spiro atoms. The van der Waals surface area contributed by atoms with Gasteiger partial charge in [-0.2, -0.15) is 0 Å². The highest BCUT2D eigenvalue weighted by Crippen LogP contribution is 2.42. The van der Waals surface area contributed by atoms with E-state index in [0.717, 1.165) is 29.5 Å². The molecule has 1 aromatic carbocycles. The molecular weight excluding hydrogens is 247 g/mol. The van der Waals surface area contributed by atoms with Crippen molar-refractivity contribution >= 4 is 15.9 Å². The van der Waals surface area contributed by atoms with Crippen LogP contribution in [0.1, 0.15) is 18.4 Å². The summed E-state index contributed by atoms with van der Waals surface area (Å²) < 4.78 is 18.6. The molecule has 0 saturated heterocycles. The summed E-state index contributed by atoms with van der Waals surface area (Å²) in [5.41, 5.74) is 0.833. The lowest BCUT2D eigenvalue weighted by molar-refractivity contribution is 0.205. The van der Waals surface area contributed by atoms with E-state index in [1.54, 1.807) is 6.07 Å². The van der Waals surface area contributed by atoms with Crippen LogP contribution in [0, 0.1) is 12.7 Å². The topological polar surface area (TPSA) is 9.23 Å². The van der Waals surface area contributed by atoms with E-state index in [1.807, 2.05) is 6.92 Å². The summed E-state index contributed by atoms with van der Waals surface area (Å²) in [4.78, 5) is 0. The zero-order valence-corrected chi connectivity index (χ0v) is 9.60. The Morgan fingerprint density at radius 3 is 2.71 bits per heavy atom. The van der Waals surface area contributed by atoms with Crippen molar-refractivity contribution in [2.45, 2.75) is 25.4 Å². The van der Waals surface area contributed by atoms with E-state index in [-0.39, 0.29) is 11.4 Å². The molecule has 0 bridgehead atoms. The minimum atomic E-state index is -0.210. The molecular formula is C11H12BrFO. The summed E-state index contributed by atoms with van der Waals surface area (Å²) in [5.74, 6) is 0.585. The predicted octanol–water partition coefficient (Wildman–Crippen LogP) is 3.44. The summed E-state index contributed by atoms with van der Waals surface area (Å²) in [6, 6.07) is 4.64. The molecule has 0 unspecified atom stereocenters. The third kappa shape index (κ3) is 1.92. The van der Waals surface area contributed by atoms with Gasteiger partial charge in [-0.05, 0) is 43.5 Å². The van der Waals surface area contributed by atoms with Crippen LogP contribution in [0.25, 0.3) is 0 Å². The predicted molar refractivity (Wildman–Crippen MR) is 57.5 cm³/mol. The Morgan fingerprint density at radius 2 is 2.21 bits per heavy atom. The van der Waals surface area contributed by atoms with E-state index in [1.165, 1.54) is 12.1 Å². The van der Waals surface area contributed by atoms with Crippen LogP contribution in [0.4, 0.5) is 4.39 Å². The summed E-state index contributed by atoms with van der Waals surface area (Å²) in [5, 5.41) is 0.844. The van der Waals surface area contributed by atoms with Gasteiger partial charge in [0.2, 0.25) is 0 Å². The van der Waals surface area contributed by atoms with Gasteiger partial charge in [0, 0.05) is 5.33 Å². The van der Waals surface area contributed by atoms with Gasteiger partial charge in [-0.25, -0.2) is 4.39 Å². The zero-order chi connectivity index (χ0) is 10.2. The van der Waals surface area contributed by atoms with Crippen LogP contribution < -0.4 is 4.74 Å². The molecule has 3 heteroatoms. The van der Waals surface area contributed by atoms with Crippen LogP contribution in [-0.4, -0.2) is 10.9 Å². The second kappa shape index (κ2) is 3.54. The molecule has 2 rings (SSSR count). The third-order valence-corrected chi connectivity index (χ3v) is 3.54. The van der Waals surface area contributed by atoms with Gasteiger partial charge in [0.05, 0.1) is 0 Å². The highest BCUT2D eigenvalue weighted by molar-refractivity contribution is 9.09. The van der Waals surface area contributed by atoms with Crippen LogP contribution in [0.5, 0.6) is 5.75 Å². The van der Waals surface area contributed by atoms with Gasteiger partial charge in [0.25, 0.3) is 0 Å². The first kappa shape index (κ1) is 9.97. The molecule has 0 N–H and O–H groups in total. The number of rotatable bonds is 3. The number of aryl methyl sites for hydroxylation is 1. The van der Waals surface area contributed by atoms with Crippen molar-refractivity contribution in [3.63, 3.8) is 0 Å². The Hall–Kier alpha value is -0.570. The van der Waals surface area contributed by atoms with Crippen molar-refractivity contribution in [2.24, 2.45) is 0 Å². The monoisotopic (exact) mass is 258 g/mol. The van der Waals surface area contributed by atoms with Crippen LogP contribution in [0.3, 0.4) is 0 Å². The Labute approximate surface area is 91.4 Å². The van der Waals surface area contributed by atoms with E-state index in [9.17, 15) is 4.39 Å². The zero-order valence-electron chi connectivity index (χ0n) is 8.02. The van der Waals surface area contributed by atoms with Crippen molar-refractivity contribution in [1.29, 1.82) is 0 Å². The number of alkyl halides is 1. The van der Waals surface area contributed by atoms with Gasteiger partial charge >= 0.3 is 0 Å². The van der Waals surface area contributed by atoms with Crippen LogP contribution in [-0.2, 0) is 0 Å². The van der Waals surface area contributed by atoms with Crippen LogP contribution >= 0.6 is 15.9 Å². The first-order valence-electron chi connectivity index (χ1n) is 4.66. The van der Waals surface area contributed by atoms with E-state index in [0.29, 0.717) is 0 Å². The lowest BCUT2D eigenvalue weighted by atomic mass is 10.2. The van der Waals surface area contributed by atoms with Gasteiger partial charge in [0.15, 0.2) is 0 Å². The number of hydrogen-bond donors (Lipinski definition) is 0. The molecule has 1 fully saturated rings. The molecule has 0 atom stereocenters. The quantitative estimate of drug-likeness (QED) is 0.755. The molecule has 1 aliphatic rings. The lowest BCUT2D eigenvalue weighted by Gasteiger charge is -2.16. The van der Waals surface area contributed by atoms with Crippen molar-refractivity contribution < 1.29 is 9.13 Å². The Morgan fingerprint density at radius 1 is 1.50 bits per heavy atom. The molecule has 1 aromatic rings. The molecule has 1 aliphatic carbocycles. The average molecular weight is 259 g/mol. The van der Waals surface area contributed by atoms with Gasteiger partial charge in [-0.1, -0.05) is 15.9 Å². The van der Waals surface area contributed by atoms with Crippen LogP contribution in [0.2, 0.25) is 0 Å². The maximum atomic E-state index is 12.8. The normalized spacial score (nSPS) is 17.9. The second-order valence-corrected chi connectivity index (χ2v) is 4.39. The first-order chi connectivity index (χ1) is 6.65. The number of halogens is 2. The maximum Gasteiger partial charge on any atom is 0.123 e. The molecule has 1 saturated carbocycles. The van der Waals surface area contributed by atoms with Gasteiger partial charge in [0.1, 0.15) is 17.2 Å². The summed E-state index contributed by atoms with van der Waals surface area (Å²) >= 11 is 3.43. The SMILES string of the molecule is Cc1cc(F)ccc1OC1(CBr)CC1. The second-order valence-electron chi connectivity index (χ2n) is 3.83. The van der Waals surface area contributed by atoms with Gasteiger partial charge in [-0.3, -0.25) is 0 Å². The van der Waals surface area contributed by atoms with Crippen molar-refractivity contribution in [1.82, 2.24) is 0 Å². The highest BCUT2D eigenvalue weighted by atomic mass is 79.9. The Balaban J connectivity index is 2.17. The van der Waals surface area contributed by atoms with E-state index in [4.69, 9.17) is 4.74 Å². The first-order valence-corrected chi connectivity index (χ1v) is 5.78. The van der Waals surface area contributed by atoms with Gasteiger partial charge < -0.3 is 4.74 Å². The maximum absolute atomic E-state index is 12.8. The molecule has 0 aromatic heterocycles. The summed E-state index contributed by atoms with van der Waals surface area (Å²) in [6.07, 6.45) is 2.16. The highest BCUT2D eigenvalue weighted by Gasteiger charge is 2.44. The number of hydrogen-bond acceptors (Lipinski definition) is 1. The minimum absolute atomic E-state index is 0.0252. The molecule has 0 radical (unpaired) electrons. The Kier molecular flexibility index (Phi) is 2.52.